The number of thiocarbonyl (C=S) groups is 1. The molecule has 4 rings (SSSR count). The monoisotopic (exact) mass is 403 g/mol. The van der Waals surface area contributed by atoms with Crippen molar-refractivity contribution in [1.82, 2.24) is 0 Å². The van der Waals surface area contributed by atoms with Crippen LogP contribution in [0.5, 0.6) is 0 Å². The van der Waals surface area contributed by atoms with E-state index in [0.717, 1.165) is 42.6 Å². The van der Waals surface area contributed by atoms with E-state index in [1.54, 1.807) is 11.0 Å². The molecule has 0 N–H and O–H groups in total. The molecule has 1 saturated heterocycles. The highest BCUT2D eigenvalue weighted by atomic mass is 32.1. The van der Waals surface area contributed by atoms with Gasteiger partial charge in [-0.1, -0.05) is 31.5 Å². The van der Waals surface area contributed by atoms with Crippen LogP contribution in [0.2, 0.25) is 0 Å². The van der Waals surface area contributed by atoms with Crippen molar-refractivity contribution < 1.29 is 4.79 Å². The highest BCUT2D eigenvalue weighted by molar-refractivity contribution is 7.81. The maximum absolute atomic E-state index is 13.5. The zero-order chi connectivity index (χ0) is 20.6. The molecule has 0 aromatic heterocycles. The third-order valence-electron chi connectivity index (χ3n) is 6.17. The van der Waals surface area contributed by atoms with E-state index in [1.165, 1.54) is 18.4 Å². The van der Waals surface area contributed by atoms with Crippen LogP contribution in [0.4, 0.5) is 17.1 Å². The lowest BCUT2D eigenvalue weighted by atomic mass is 9.75. The molecule has 1 amide bonds. The van der Waals surface area contributed by atoms with E-state index >= 15 is 0 Å². The number of unbranched alkanes of at least 4 members (excludes halogenated alkanes) is 1. The zero-order valence-electron chi connectivity index (χ0n) is 16.9. The van der Waals surface area contributed by atoms with Crippen LogP contribution in [0, 0.1) is 13.5 Å². The van der Waals surface area contributed by atoms with Crippen molar-refractivity contribution in [3.63, 3.8) is 0 Å². The number of nitrogens with zero attached hydrogens (tertiary/aromatic N) is 3. The summed E-state index contributed by atoms with van der Waals surface area (Å²) in [6, 6.07) is 14.0. The summed E-state index contributed by atoms with van der Waals surface area (Å²) in [6.07, 6.45) is 6.10. The van der Waals surface area contributed by atoms with E-state index in [9.17, 15) is 4.79 Å². The normalized spacial score (nSPS) is 17.6. The highest BCUT2D eigenvalue weighted by Gasteiger charge is 2.59. The van der Waals surface area contributed by atoms with Crippen molar-refractivity contribution >= 4 is 40.3 Å². The lowest BCUT2D eigenvalue weighted by molar-refractivity contribution is -0.123. The minimum Gasteiger partial charge on any atom is -0.303 e. The summed E-state index contributed by atoms with van der Waals surface area (Å²) in [5.41, 5.74) is 3.95. The van der Waals surface area contributed by atoms with Crippen molar-refractivity contribution in [3.05, 3.63) is 65.0 Å². The molecule has 2 aromatic carbocycles. The molecular weight excluding hydrogens is 378 g/mol. The van der Waals surface area contributed by atoms with Gasteiger partial charge in [-0.05, 0) is 86.6 Å². The fraction of sp³-hybridized carbons (Fsp3) is 0.375. The highest BCUT2D eigenvalue weighted by Crippen LogP contribution is 2.48. The molecule has 4 nitrogen and oxygen atoms in total. The maximum atomic E-state index is 13.5. The number of carbonyl (C=O) groups is 1. The smallest absolute Gasteiger partial charge is 0.259 e. The molecule has 2 aromatic rings. The van der Waals surface area contributed by atoms with Gasteiger partial charge in [0.05, 0.1) is 6.57 Å². The maximum Gasteiger partial charge on any atom is 0.259 e. The molecule has 148 valence electrons. The van der Waals surface area contributed by atoms with Gasteiger partial charge in [0, 0.05) is 11.4 Å². The first kappa shape index (κ1) is 19.6. The van der Waals surface area contributed by atoms with Crippen LogP contribution >= 0.6 is 12.2 Å². The summed E-state index contributed by atoms with van der Waals surface area (Å²) in [5.74, 6) is 0.0544. The Hall–Kier alpha value is -2.71. The molecule has 1 aliphatic carbocycles. The van der Waals surface area contributed by atoms with E-state index in [0.29, 0.717) is 10.8 Å². The number of hydrogen-bond donors (Lipinski definition) is 0. The predicted octanol–water partition coefficient (Wildman–Crippen LogP) is 5.95. The number of benzene rings is 2. The van der Waals surface area contributed by atoms with Crippen LogP contribution in [-0.2, 0) is 11.2 Å². The Morgan fingerprint density at radius 1 is 1.14 bits per heavy atom. The van der Waals surface area contributed by atoms with E-state index in [1.807, 2.05) is 19.1 Å². The Morgan fingerprint density at radius 2 is 1.83 bits per heavy atom. The minimum absolute atomic E-state index is 0.0544. The summed E-state index contributed by atoms with van der Waals surface area (Å²) >= 11 is 5.83. The van der Waals surface area contributed by atoms with Gasteiger partial charge in [-0.3, -0.25) is 9.69 Å². The van der Waals surface area contributed by atoms with Gasteiger partial charge in [0.2, 0.25) is 0 Å². The molecule has 2 aliphatic rings. The number of aryl methyl sites for hydroxylation is 2. The van der Waals surface area contributed by atoms with Crippen LogP contribution in [0.15, 0.2) is 42.5 Å². The fourth-order valence-corrected chi connectivity index (χ4v) is 4.77. The molecule has 29 heavy (non-hydrogen) atoms. The molecule has 1 heterocycles. The summed E-state index contributed by atoms with van der Waals surface area (Å²) < 4.78 is 0. The second-order valence-corrected chi connectivity index (χ2v) is 8.36. The first-order chi connectivity index (χ1) is 14.0. The Labute approximate surface area is 177 Å². The molecule has 5 heteroatoms. The number of carbonyl (C=O) groups excluding carboxylic acids is 1. The number of anilines is 2. The molecule has 2 fully saturated rings. The van der Waals surface area contributed by atoms with E-state index < -0.39 is 5.54 Å². The lowest BCUT2D eigenvalue weighted by Crippen LogP contribution is -2.55. The van der Waals surface area contributed by atoms with Gasteiger partial charge in [0.25, 0.3) is 5.91 Å². The van der Waals surface area contributed by atoms with E-state index in [-0.39, 0.29) is 5.91 Å². The van der Waals surface area contributed by atoms with Crippen molar-refractivity contribution in [1.29, 1.82) is 0 Å². The molecule has 1 aliphatic heterocycles. The van der Waals surface area contributed by atoms with Gasteiger partial charge < -0.3 is 4.90 Å². The number of rotatable bonds is 5. The molecule has 0 atom stereocenters. The quantitative estimate of drug-likeness (QED) is 0.456. The van der Waals surface area contributed by atoms with Crippen molar-refractivity contribution in [2.75, 3.05) is 9.80 Å². The summed E-state index contributed by atoms with van der Waals surface area (Å²) in [5, 5.41) is 0.533. The zero-order valence-corrected chi connectivity index (χ0v) is 17.8. The summed E-state index contributed by atoms with van der Waals surface area (Å²) in [7, 11) is 0. The second-order valence-electron chi connectivity index (χ2n) is 8.00. The molecule has 0 bridgehead atoms. The number of hydrogen-bond acceptors (Lipinski definition) is 2. The van der Waals surface area contributed by atoms with E-state index in [4.69, 9.17) is 18.8 Å². The number of amides is 1. The average molecular weight is 404 g/mol. The van der Waals surface area contributed by atoms with Crippen LogP contribution in [0.1, 0.15) is 50.2 Å². The molecule has 1 saturated carbocycles. The van der Waals surface area contributed by atoms with Gasteiger partial charge in [0.15, 0.2) is 10.8 Å². The first-order valence-corrected chi connectivity index (χ1v) is 10.7. The van der Waals surface area contributed by atoms with E-state index in [2.05, 4.69) is 40.9 Å². The average Bonchev–Trinajstić information content (AvgIpc) is 2.93. The topological polar surface area (TPSA) is 27.9 Å². The third-order valence-corrected chi connectivity index (χ3v) is 6.53. The van der Waals surface area contributed by atoms with Gasteiger partial charge in [-0.15, -0.1) is 0 Å². The molecule has 1 spiro atoms. The Morgan fingerprint density at radius 3 is 2.38 bits per heavy atom. The summed E-state index contributed by atoms with van der Waals surface area (Å²) in [6.45, 7) is 11.4. The van der Waals surface area contributed by atoms with Crippen molar-refractivity contribution in [2.45, 2.75) is 57.9 Å². The Balaban J connectivity index is 1.70. The predicted molar refractivity (Wildman–Crippen MR) is 122 cm³/mol. The molecule has 0 unspecified atom stereocenters. The van der Waals surface area contributed by atoms with Crippen LogP contribution < -0.4 is 9.80 Å². The van der Waals surface area contributed by atoms with Gasteiger partial charge in [-0.2, -0.15) is 0 Å². The van der Waals surface area contributed by atoms with Crippen LogP contribution in [0.25, 0.3) is 4.85 Å². The van der Waals surface area contributed by atoms with Crippen molar-refractivity contribution in [3.8, 4) is 0 Å². The minimum atomic E-state index is -0.561. The van der Waals surface area contributed by atoms with Crippen molar-refractivity contribution in [2.24, 2.45) is 0 Å². The standard InChI is InChI=1S/C24H25N3OS/c1-4-5-7-18-8-10-19(11-9-18)27-23(29)26(22(28)24(27)14-6-15-24)20-12-13-21(25-3)17(2)16-20/h8-13,16H,4-7,14-15H2,1-2H3. The lowest BCUT2D eigenvalue weighted by Gasteiger charge is -2.43. The van der Waals surface area contributed by atoms with Gasteiger partial charge in [0.1, 0.15) is 5.54 Å². The largest absolute Gasteiger partial charge is 0.303 e. The third kappa shape index (κ3) is 3.12. The molecular formula is C24H25N3OS. The summed E-state index contributed by atoms with van der Waals surface area (Å²) in [4.78, 5) is 20.8. The first-order valence-electron chi connectivity index (χ1n) is 10.3. The second kappa shape index (κ2) is 7.61. The SMILES string of the molecule is [C-]#[N+]c1ccc(N2C(=O)C3(CCC3)N(c3ccc(CCCC)cc3)C2=S)cc1C. The van der Waals surface area contributed by atoms with Gasteiger partial charge >= 0.3 is 0 Å². The van der Waals surface area contributed by atoms with Crippen LogP contribution in [-0.4, -0.2) is 16.6 Å². The Bertz CT molecular complexity index is 1000. The Kier molecular flexibility index (Phi) is 5.14. The fourth-order valence-electron chi connectivity index (χ4n) is 4.30. The van der Waals surface area contributed by atoms with Crippen LogP contribution in [0.3, 0.4) is 0 Å². The van der Waals surface area contributed by atoms with Gasteiger partial charge in [-0.25, -0.2) is 4.85 Å². The molecule has 0 radical (unpaired) electrons.